The summed E-state index contributed by atoms with van der Waals surface area (Å²) in [6, 6.07) is 5.26. The van der Waals surface area contributed by atoms with E-state index >= 15 is 0 Å². The quantitative estimate of drug-likeness (QED) is 0.167. The molecule has 3 heterocycles. The van der Waals surface area contributed by atoms with Crippen molar-refractivity contribution in [3.8, 4) is 0 Å². The van der Waals surface area contributed by atoms with Crippen LogP contribution in [0.3, 0.4) is 0 Å². The standard InChI is InChI=1S/C29H37BrN2O5S/c1-5-7-15-37-28(36)22-23-26(34)32(13-8-9-14-33)25(29(23)17-20(30)24(22)38-29)27(35)31(12-6-2)21-16-18(3)10-11-19(21)4/h5-6,10-11,16,20,22-25,33H,1-2,7-9,12-15,17H2,3-4H3/t20?,22-,23+,24-,25?,29?/m1/s1. The molecule has 4 rings (SSSR count). The number of benzene rings is 1. The topological polar surface area (TPSA) is 87.2 Å². The molecule has 38 heavy (non-hydrogen) atoms. The summed E-state index contributed by atoms with van der Waals surface area (Å²) in [6.07, 6.45) is 5.64. The summed E-state index contributed by atoms with van der Waals surface area (Å²) >= 11 is 5.38. The molecular weight excluding hydrogens is 568 g/mol. The van der Waals surface area contributed by atoms with Crippen molar-refractivity contribution in [3.63, 3.8) is 0 Å². The molecule has 0 radical (unpaired) electrons. The highest BCUT2D eigenvalue weighted by Gasteiger charge is 2.76. The lowest BCUT2D eigenvalue weighted by atomic mass is 9.71. The number of halogens is 1. The molecule has 1 spiro atoms. The van der Waals surface area contributed by atoms with Gasteiger partial charge >= 0.3 is 5.97 Å². The Bertz CT molecular complexity index is 1110. The molecule has 3 fully saturated rings. The number of anilines is 1. The van der Waals surface area contributed by atoms with Crippen molar-refractivity contribution in [2.45, 2.75) is 60.4 Å². The largest absolute Gasteiger partial charge is 0.465 e. The van der Waals surface area contributed by atoms with Gasteiger partial charge < -0.3 is 19.6 Å². The first-order valence-electron chi connectivity index (χ1n) is 13.2. The summed E-state index contributed by atoms with van der Waals surface area (Å²) in [5.74, 6) is -1.96. The molecule has 6 atom stereocenters. The molecule has 0 aromatic heterocycles. The van der Waals surface area contributed by atoms with Gasteiger partial charge in [0, 0.05) is 35.5 Å². The number of aliphatic hydroxyl groups excluding tert-OH is 1. The molecule has 3 aliphatic rings. The van der Waals surface area contributed by atoms with Crippen LogP contribution in [-0.2, 0) is 19.1 Å². The zero-order valence-electron chi connectivity index (χ0n) is 22.1. The molecule has 3 aliphatic heterocycles. The van der Waals surface area contributed by atoms with Crippen LogP contribution in [0.25, 0.3) is 0 Å². The van der Waals surface area contributed by atoms with E-state index in [1.807, 2.05) is 32.0 Å². The fraction of sp³-hybridized carbons (Fsp3) is 0.552. The summed E-state index contributed by atoms with van der Waals surface area (Å²) in [4.78, 5) is 45.4. The molecule has 206 valence electrons. The Kier molecular flexibility index (Phi) is 9.10. The van der Waals surface area contributed by atoms with E-state index in [4.69, 9.17) is 4.74 Å². The molecule has 3 unspecified atom stereocenters. The minimum absolute atomic E-state index is 0.0127. The van der Waals surface area contributed by atoms with Crippen LogP contribution in [0.4, 0.5) is 5.69 Å². The second kappa shape index (κ2) is 12.0. The van der Waals surface area contributed by atoms with Gasteiger partial charge in [-0.3, -0.25) is 14.4 Å². The maximum atomic E-state index is 14.6. The van der Waals surface area contributed by atoms with E-state index in [1.54, 1.807) is 33.7 Å². The summed E-state index contributed by atoms with van der Waals surface area (Å²) in [5.41, 5.74) is 2.79. The minimum Gasteiger partial charge on any atom is -0.465 e. The van der Waals surface area contributed by atoms with Gasteiger partial charge in [0.25, 0.3) is 5.91 Å². The van der Waals surface area contributed by atoms with Gasteiger partial charge in [0.15, 0.2) is 0 Å². The number of hydrogen-bond donors (Lipinski definition) is 1. The zero-order chi connectivity index (χ0) is 27.6. The lowest BCUT2D eigenvalue weighted by molar-refractivity contribution is -0.154. The van der Waals surface area contributed by atoms with Gasteiger partial charge in [-0.25, -0.2) is 0 Å². The molecule has 1 aromatic rings. The lowest BCUT2D eigenvalue weighted by Crippen LogP contribution is -2.55. The number of fused-ring (bicyclic) bond motifs is 1. The predicted molar refractivity (Wildman–Crippen MR) is 154 cm³/mol. The zero-order valence-corrected chi connectivity index (χ0v) is 24.5. The third-order valence-corrected chi connectivity index (χ3v) is 11.1. The van der Waals surface area contributed by atoms with Gasteiger partial charge in [-0.2, -0.15) is 0 Å². The normalized spacial score (nSPS) is 29.3. The van der Waals surface area contributed by atoms with Crippen LogP contribution in [0.15, 0.2) is 43.5 Å². The number of nitrogens with zero attached hydrogens (tertiary/aromatic N) is 2. The van der Waals surface area contributed by atoms with Crippen LogP contribution < -0.4 is 4.90 Å². The Hall–Kier alpha value is -2.10. The van der Waals surface area contributed by atoms with Gasteiger partial charge in [0.1, 0.15) is 6.04 Å². The highest BCUT2D eigenvalue weighted by molar-refractivity contribution is 9.09. The van der Waals surface area contributed by atoms with Crippen LogP contribution in [0, 0.1) is 25.7 Å². The molecule has 7 nitrogen and oxygen atoms in total. The van der Waals surface area contributed by atoms with Gasteiger partial charge in [-0.15, -0.1) is 24.9 Å². The Balaban J connectivity index is 1.76. The SMILES string of the molecule is C=CCCOC(=O)[C@H]1[C@@H]2SC3(CC2Br)C(C(=O)N(CC=C)c2cc(C)ccc2C)N(CCCCO)C(=O)[C@H]13. The summed E-state index contributed by atoms with van der Waals surface area (Å²) in [7, 11) is 0. The number of alkyl halides is 1. The molecule has 2 amide bonds. The average molecular weight is 606 g/mol. The molecule has 1 aromatic carbocycles. The Morgan fingerprint density at radius 2 is 2.05 bits per heavy atom. The smallest absolute Gasteiger partial charge is 0.310 e. The van der Waals surface area contributed by atoms with Crippen molar-refractivity contribution >= 4 is 51.2 Å². The van der Waals surface area contributed by atoms with Crippen LogP contribution in [-0.4, -0.2) is 75.0 Å². The van der Waals surface area contributed by atoms with E-state index in [-0.39, 0.29) is 41.1 Å². The first-order valence-corrected chi connectivity index (χ1v) is 15.0. The number of aliphatic hydroxyl groups is 1. The second-order valence-electron chi connectivity index (χ2n) is 10.4. The highest BCUT2D eigenvalue weighted by Crippen LogP contribution is 2.68. The number of unbranched alkanes of at least 4 members (excludes halogenated alkanes) is 1. The lowest BCUT2D eigenvalue weighted by Gasteiger charge is -2.38. The van der Waals surface area contributed by atoms with Crippen molar-refractivity contribution in [1.82, 2.24) is 4.90 Å². The van der Waals surface area contributed by atoms with E-state index in [9.17, 15) is 19.5 Å². The number of ether oxygens (including phenoxy) is 1. The number of rotatable bonds is 12. The van der Waals surface area contributed by atoms with E-state index in [2.05, 4.69) is 29.1 Å². The monoisotopic (exact) mass is 604 g/mol. The Morgan fingerprint density at radius 3 is 2.74 bits per heavy atom. The van der Waals surface area contributed by atoms with E-state index in [0.717, 1.165) is 16.8 Å². The van der Waals surface area contributed by atoms with Crippen LogP contribution in [0.2, 0.25) is 0 Å². The number of amides is 2. The summed E-state index contributed by atoms with van der Waals surface area (Å²) < 4.78 is 4.83. The van der Waals surface area contributed by atoms with Crippen molar-refractivity contribution in [3.05, 3.63) is 54.6 Å². The summed E-state index contributed by atoms with van der Waals surface area (Å²) in [6.45, 7) is 12.4. The van der Waals surface area contributed by atoms with Crippen molar-refractivity contribution in [2.24, 2.45) is 11.8 Å². The van der Waals surface area contributed by atoms with E-state index in [1.165, 1.54) is 0 Å². The molecule has 0 saturated carbocycles. The number of hydrogen-bond acceptors (Lipinski definition) is 6. The first kappa shape index (κ1) is 28.9. The molecule has 9 heteroatoms. The number of thioether (sulfide) groups is 1. The molecule has 3 saturated heterocycles. The van der Waals surface area contributed by atoms with Crippen LogP contribution in [0.5, 0.6) is 0 Å². The van der Waals surface area contributed by atoms with E-state index in [0.29, 0.717) is 38.8 Å². The van der Waals surface area contributed by atoms with Crippen LogP contribution in [0.1, 0.15) is 36.8 Å². The van der Waals surface area contributed by atoms with Gasteiger partial charge in [-0.1, -0.05) is 40.2 Å². The Morgan fingerprint density at radius 1 is 1.29 bits per heavy atom. The fourth-order valence-corrected chi connectivity index (χ4v) is 9.84. The van der Waals surface area contributed by atoms with Crippen molar-refractivity contribution < 1.29 is 24.2 Å². The second-order valence-corrected chi connectivity index (χ2v) is 13.1. The molecular formula is C29H37BrN2O5S. The van der Waals surface area contributed by atoms with Crippen molar-refractivity contribution in [2.75, 3.05) is 31.2 Å². The van der Waals surface area contributed by atoms with Gasteiger partial charge in [0.05, 0.1) is 23.2 Å². The fourth-order valence-electron chi connectivity index (χ4n) is 6.25. The van der Waals surface area contributed by atoms with Crippen molar-refractivity contribution in [1.29, 1.82) is 0 Å². The number of carbonyl (C=O) groups excluding carboxylic acids is 3. The third kappa shape index (κ3) is 4.97. The maximum Gasteiger partial charge on any atom is 0.310 e. The number of esters is 1. The van der Waals surface area contributed by atoms with Crippen LogP contribution >= 0.6 is 27.7 Å². The number of aryl methyl sites for hydroxylation is 2. The van der Waals surface area contributed by atoms with E-state index < -0.39 is 22.6 Å². The average Bonchev–Trinajstić information content (AvgIpc) is 3.47. The van der Waals surface area contributed by atoms with Gasteiger partial charge in [0.2, 0.25) is 5.91 Å². The number of likely N-dealkylation sites (tertiary alicyclic amines) is 1. The molecule has 1 N–H and O–H groups in total. The minimum atomic E-state index is -0.745. The Labute approximate surface area is 237 Å². The highest BCUT2D eigenvalue weighted by atomic mass is 79.9. The first-order chi connectivity index (χ1) is 18.2. The predicted octanol–water partition coefficient (Wildman–Crippen LogP) is 4.18. The summed E-state index contributed by atoms with van der Waals surface area (Å²) in [5, 5.41) is 9.24. The van der Waals surface area contributed by atoms with Gasteiger partial charge in [-0.05, 0) is 56.7 Å². The maximum absolute atomic E-state index is 14.6. The molecule has 0 aliphatic carbocycles. The number of carbonyl (C=O) groups is 3. The third-order valence-electron chi connectivity index (χ3n) is 7.90. The molecule has 2 bridgehead atoms.